The molecule has 0 spiro atoms. The van der Waals surface area contributed by atoms with Crippen molar-refractivity contribution < 1.29 is 0 Å². The zero-order valence-electron chi connectivity index (χ0n) is 36.1. The van der Waals surface area contributed by atoms with Crippen LogP contribution in [0.3, 0.4) is 0 Å². The Morgan fingerprint density at radius 2 is 1.14 bits per heavy atom. The van der Waals surface area contributed by atoms with Crippen LogP contribution < -0.4 is 16.4 Å². The molecule has 1 aliphatic heterocycles. The number of aliphatic imine (C=N–C) groups is 3. The molecule has 0 amide bonds. The van der Waals surface area contributed by atoms with Crippen molar-refractivity contribution in [2.75, 3.05) is 0 Å². The Labute approximate surface area is 385 Å². The number of rotatable bonds is 10. The summed E-state index contributed by atoms with van der Waals surface area (Å²) < 4.78 is 0. The molecule has 7 nitrogen and oxygen atoms in total. The Balaban J connectivity index is 1.02. The van der Waals surface area contributed by atoms with E-state index < -0.39 is 0 Å². The number of nitrogens with one attached hydrogen (secondary N) is 2. The van der Waals surface area contributed by atoms with E-state index >= 15 is 0 Å². The van der Waals surface area contributed by atoms with Crippen LogP contribution in [0.2, 0.25) is 0 Å². The summed E-state index contributed by atoms with van der Waals surface area (Å²) in [7, 11) is 0. The molecule has 0 aliphatic carbocycles. The van der Waals surface area contributed by atoms with Crippen LogP contribution >= 0.6 is 0 Å². The predicted octanol–water partition coefficient (Wildman–Crippen LogP) is 12.4. The van der Waals surface area contributed by atoms with Crippen LogP contribution in [0.4, 0.5) is 0 Å². The lowest BCUT2D eigenvalue weighted by molar-refractivity contribution is 0.409. The van der Waals surface area contributed by atoms with Crippen LogP contribution in [0, 0.1) is 11.3 Å². The van der Waals surface area contributed by atoms with Crippen molar-refractivity contribution in [3.8, 4) is 39.4 Å². The lowest BCUT2D eigenvalue weighted by atomic mass is 9.93. The molecular formula is C59H45N7. The Hall–Kier alpha value is -8.70. The monoisotopic (exact) mass is 851 g/mol. The normalized spacial score (nSPS) is 15.1. The molecule has 7 heteroatoms. The number of nitrogens with zero attached hydrogens (tertiary/aromatic N) is 4. The maximum absolute atomic E-state index is 9.83. The van der Waals surface area contributed by atoms with Crippen molar-refractivity contribution in [2.24, 2.45) is 20.7 Å². The van der Waals surface area contributed by atoms with Gasteiger partial charge in [-0.1, -0.05) is 206 Å². The van der Waals surface area contributed by atoms with Gasteiger partial charge in [-0.15, -0.1) is 0 Å². The van der Waals surface area contributed by atoms with Crippen LogP contribution in [0.5, 0.6) is 0 Å². The van der Waals surface area contributed by atoms with Gasteiger partial charge in [0.2, 0.25) is 0 Å². The molecule has 2 atom stereocenters. The lowest BCUT2D eigenvalue weighted by Crippen LogP contribution is -2.45. The second-order valence-corrected chi connectivity index (χ2v) is 16.2. The maximum atomic E-state index is 9.83. The Morgan fingerprint density at radius 3 is 1.86 bits per heavy atom. The number of hydrogen-bond acceptors (Lipinski definition) is 5. The number of nitriles is 1. The van der Waals surface area contributed by atoms with E-state index in [2.05, 4.69) is 150 Å². The smallest absolute Gasteiger partial charge is 0.157 e. The molecule has 2 unspecified atom stereocenters. The molecular weight excluding hydrogens is 807 g/mol. The van der Waals surface area contributed by atoms with Crippen molar-refractivity contribution in [1.82, 2.24) is 10.6 Å². The number of amidine groups is 3. The van der Waals surface area contributed by atoms with Crippen molar-refractivity contribution in [1.29, 1.82) is 5.26 Å². The van der Waals surface area contributed by atoms with E-state index in [0.29, 0.717) is 23.8 Å². The standard InChI is InChI=1S/C59H45N7/c60-38-49-33-34-51(52-27-14-13-26-50(49)52)47-24-15-25-48(36-47)56(63-55(61)43-18-7-2-8-19-43)62-39-40-28-30-42(31-29-40)54-37-46(41-16-5-1-6-17-41)32-35-53(54)59-65-57(44-20-9-3-10-21-44)64-58(66-59)45-22-11-4-12-23-45/h1-37,57-58,64H,39H2,(H,65,66)(H2,61,62,63). The second kappa shape index (κ2) is 19.0. The van der Waals surface area contributed by atoms with E-state index in [4.69, 9.17) is 20.7 Å². The van der Waals surface area contributed by atoms with Crippen LogP contribution in [0.15, 0.2) is 239 Å². The van der Waals surface area contributed by atoms with E-state index in [1.807, 2.05) is 91.0 Å². The fourth-order valence-electron chi connectivity index (χ4n) is 8.53. The molecule has 0 fully saturated rings. The molecule has 9 aromatic carbocycles. The SMILES string of the molecule is N#Cc1ccc(-c2cccc(C(N=C(N)c3ccccc3)=NCc3ccc(-c4cc(-c5ccccc5)ccc4C4=NC(c5ccccc5)NC(c5ccccc5)N4)cc3)c2)c2ccccc12. The third kappa shape index (κ3) is 8.91. The number of hydrogen-bond donors (Lipinski definition) is 3. The Bertz CT molecular complexity index is 3280. The number of fused-ring (bicyclic) bond motifs is 1. The van der Waals surface area contributed by atoms with Gasteiger partial charge in [0.15, 0.2) is 5.84 Å². The van der Waals surface area contributed by atoms with Gasteiger partial charge in [-0.3, -0.25) is 10.3 Å². The van der Waals surface area contributed by atoms with Gasteiger partial charge in [0.05, 0.1) is 18.2 Å². The highest BCUT2D eigenvalue weighted by atomic mass is 15.3. The summed E-state index contributed by atoms with van der Waals surface area (Å²) in [4.78, 5) is 15.4. The zero-order chi connectivity index (χ0) is 44.7. The quantitative estimate of drug-likeness (QED) is 0.0940. The topological polar surface area (TPSA) is 111 Å². The first-order valence-corrected chi connectivity index (χ1v) is 22.0. The average Bonchev–Trinajstić information content (AvgIpc) is 3.40. The average molecular weight is 852 g/mol. The fraction of sp³-hybridized carbons (Fsp3) is 0.0508. The largest absolute Gasteiger partial charge is 0.383 e. The molecule has 0 radical (unpaired) electrons. The van der Waals surface area contributed by atoms with Gasteiger partial charge >= 0.3 is 0 Å². The number of nitrogens with two attached hydrogens (primary N) is 1. The van der Waals surface area contributed by atoms with E-state index in [0.717, 1.165) is 83.4 Å². The number of benzene rings is 9. The molecule has 1 heterocycles. The first-order valence-electron chi connectivity index (χ1n) is 22.0. The summed E-state index contributed by atoms with van der Waals surface area (Å²) >= 11 is 0. The van der Waals surface area contributed by atoms with Crippen molar-refractivity contribution in [2.45, 2.75) is 18.9 Å². The van der Waals surface area contributed by atoms with Gasteiger partial charge in [-0.2, -0.15) is 5.26 Å². The molecule has 0 saturated heterocycles. The lowest BCUT2D eigenvalue weighted by Gasteiger charge is -2.32. The van der Waals surface area contributed by atoms with Crippen LogP contribution in [-0.4, -0.2) is 17.5 Å². The van der Waals surface area contributed by atoms with E-state index in [9.17, 15) is 5.26 Å². The van der Waals surface area contributed by atoms with Crippen molar-refractivity contribution in [3.05, 3.63) is 263 Å². The van der Waals surface area contributed by atoms with Crippen molar-refractivity contribution >= 4 is 28.3 Å². The molecule has 1 aliphatic rings. The van der Waals surface area contributed by atoms with E-state index in [1.54, 1.807) is 0 Å². The van der Waals surface area contributed by atoms with Crippen LogP contribution in [0.1, 0.15) is 51.3 Å². The van der Waals surface area contributed by atoms with E-state index in [1.165, 1.54) is 0 Å². The molecule has 4 N–H and O–H groups in total. The minimum absolute atomic E-state index is 0.164. The molecule has 0 saturated carbocycles. The van der Waals surface area contributed by atoms with Gasteiger partial charge < -0.3 is 11.1 Å². The highest BCUT2D eigenvalue weighted by Gasteiger charge is 2.27. The molecule has 0 aromatic heterocycles. The Kier molecular flexibility index (Phi) is 11.9. The van der Waals surface area contributed by atoms with Gasteiger partial charge in [-0.25, -0.2) is 9.98 Å². The highest BCUT2D eigenvalue weighted by molar-refractivity contribution is 6.12. The first-order chi connectivity index (χ1) is 32.6. The van der Waals surface area contributed by atoms with Crippen molar-refractivity contribution in [3.63, 3.8) is 0 Å². The van der Waals surface area contributed by atoms with Crippen LogP contribution in [-0.2, 0) is 6.54 Å². The first kappa shape index (κ1) is 41.3. The van der Waals surface area contributed by atoms with E-state index in [-0.39, 0.29) is 12.3 Å². The van der Waals surface area contributed by atoms with Crippen LogP contribution in [0.25, 0.3) is 44.2 Å². The summed E-state index contributed by atoms with van der Waals surface area (Å²) in [5.74, 6) is 1.71. The third-order valence-corrected chi connectivity index (χ3v) is 11.9. The van der Waals surface area contributed by atoms with Gasteiger partial charge in [0.1, 0.15) is 24.0 Å². The minimum Gasteiger partial charge on any atom is -0.383 e. The molecule has 66 heavy (non-hydrogen) atoms. The molecule has 10 rings (SSSR count). The molecule has 0 bridgehead atoms. The predicted molar refractivity (Wildman–Crippen MR) is 270 cm³/mol. The van der Waals surface area contributed by atoms with Gasteiger partial charge in [-0.05, 0) is 73.7 Å². The van der Waals surface area contributed by atoms with Gasteiger partial charge in [0, 0.05) is 22.1 Å². The summed E-state index contributed by atoms with van der Waals surface area (Å²) in [5.41, 5.74) is 19.6. The molecule has 316 valence electrons. The molecule has 9 aromatic rings. The minimum atomic E-state index is -0.258. The summed E-state index contributed by atoms with van der Waals surface area (Å²) in [6, 6.07) is 78.8. The van der Waals surface area contributed by atoms with Gasteiger partial charge in [0.25, 0.3) is 0 Å². The third-order valence-electron chi connectivity index (χ3n) is 11.9. The maximum Gasteiger partial charge on any atom is 0.157 e. The zero-order valence-corrected chi connectivity index (χ0v) is 36.1. The Morgan fingerprint density at radius 1 is 0.530 bits per heavy atom. The summed E-state index contributed by atoms with van der Waals surface area (Å²) in [6.45, 7) is 0.375. The fourth-order valence-corrected chi connectivity index (χ4v) is 8.53. The summed E-state index contributed by atoms with van der Waals surface area (Å²) in [5, 5.41) is 19.2. The second-order valence-electron chi connectivity index (χ2n) is 16.2. The highest BCUT2D eigenvalue weighted by Crippen LogP contribution is 2.34. The summed E-state index contributed by atoms with van der Waals surface area (Å²) in [6.07, 6.45) is -0.422.